The average Bonchev–Trinajstić information content (AvgIpc) is 3.20. The topological polar surface area (TPSA) is 80.8 Å². The predicted molar refractivity (Wildman–Crippen MR) is 136 cm³/mol. The van der Waals surface area contributed by atoms with Gasteiger partial charge in [0.25, 0.3) is 0 Å². The molecule has 1 N–H and O–H groups in total. The fourth-order valence-corrected chi connectivity index (χ4v) is 5.38. The molecule has 8 heteroatoms. The molecule has 1 aromatic carbocycles. The van der Waals surface area contributed by atoms with E-state index in [2.05, 4.69) is 29.9 Å². The Morgan fingerprint density at radius 3 is 2.62 bits per heavy atom. The summed E-state index contributed by atoms with van der Waals surface area (Å²) < 4.78 is 11.3. The fourth-order valence-electron chi connectivity index (χ4n) is 4.63. The van der Waals surface area contributed by atoms with Crippen molar-refractivity contribution in [2.75, 3.05) is 23.6 Å². The second-order valence-corrected chi connectivity index (χ2v) is 17.1. The zero-order valence-electron chi connectivity index (χ0n) is 21.0. The molecule has 0 saturated heterocycles. The molecule has 1 aliphatic heterocycles. The number of carbonyl (C=O) groups excluding carboxylic acids is 2. The van der Waals surface area contributed by atoms with Crippen LogP contribution < -0.4 is 10.2 Å². The zero-order valence-corrected chi connectivity index (χ0v) is 22.0. The molecule has 0 saturated carbocycles. The van der Waals surface area contributed by atoms with Gasteiger partial charge in [-0.3, -0.25) is 15.0 Å². The number of hydrogen-bond acceptors (Lipinski definition) is 5. The standard InChI is InChI=1S/C26H35N3O4Si/c1-25(2,3)33-24(31)28-20-10-9-18-15-26(16-19(18)14-20)21-8-7-11-27-22(21)29(23(26)30)17-32-12-13-34(4,5)6/h7-11,14H,12-13,15-17H2,1-6H3,(H,28,31). The van der Waals surface area contributed by atoms with Gasteiger partial charge in [-0.05, 0) is 69.0 Å². The minimum atomic E-state index is -1.21. The Morgan fingerprint density at radius 2 is 1.91 bits per heavy atom. The number of ether oxygens (including phenoxy) is 2. The van der Waals surface area contributed by atoms with Gasteiger partial charge in [-0.1, -0.05) is 31.8 Å². The number of rotatable bonds is 6. The first kappa shape index (κ1) is 24.4. The summed E-state index contributed by atoms with van der Waals surface area (Å²) in [7, 11) is -1.21. The molecule has 7 nitrogen and oxygen atoms in total. The van der Waals surface area contributed by atoms with Crippen molar-refractivity contribution in [3.63, 3.8) is 0 Å². The van der Waals surface area contributed by atoms with Gasteiger partial charge in [0.15, 0.2) is 0 Å². The van der Waals surface area contributed by atoms with E-state index >= 15 is 0 Å². The van der Waals surface area contributed by atoms with E-state index < -0.39 is 25.2 Å². The molecule has 2 heterocycles. The molecule has 1 unspecified atom stereocenters. The van der Waals surface area contributed by atoms with Gasteiger partial charge in [-0.25, -0.2) is 9.78 Å². The summed E-state index contributed by atoms with van der Waals surface area (Å²) in [5.41, 5.74) is 2.52. The van der Waals surface area contributed by atoms with Crippen LogP contribution >= 0.6 is 0 Å². The number of hydrogen-bond donors (Lipinski definition) is 1. The van der Waals surface area contributed by atoms with Gasteiger partial charge in [0, 0.05) is 32.1 Å². The van der Waals surface area contributed by atoms with E-state index in [1.165, 1.54) is 0 Å². The number of benzene rings is 1. The van der Waals surface area contributed by atoms with Crippen molar-refractivity contribution in [3.8, 4) is 0 Å². The van der Waals surface area contributed by atoms with Crippen LogP contribution in [0.5, 0.6) is 0 Å². The number of fused-ring (bicyclic) bond motifs is 3. The third-order valence-electron chi connectivity index (χ3n) is 6.27. The lowest BCUT2D eigenvalue weighted by Gasteiger charge is -2.23. The molecule has 2 aromatic rings. The third kappa shape index (κ3) is 5.03. The minimum Gasteiger partial charge on any atom is -0.444 e. The van der Waals surface area contributed by atoms with Gasteiger partial charge in [-0.2, -0.15) is 0 Å². The van der Waals surface area contributed by atoms with E-state index in [4.69, 9.17) is 9.47 Å². The van der Waals surface area contributed by atoms with Crippen LogP contribution in [0.2, 0.25) is 25.7 Å². The van der Waals surface area contributed by atoms with E-state index in [1.54, 1.807) is 11.1 Å². The largest absolute Gasteiger partial charge is 0.444 e. The van der Waals surface area contributed by atoms with Gasteiger partial charge in [0.2, 0.25) is 5.91 Å². The van der Waals surface area contributed by atoms with Crippen LogP contribution in [-0.2, 0) is 32.5 Å². The first-order chi connectivity index (χ1) is 15.9. The molecule has 2 aliphatic rings. The molecule has 182 valence electrons. The van der Waals surface area contributed by atoms with Crippen molar-refractivity contribution < 1.29 is 19.1 Å². The van der Waals surface area contributed by atoms with Gasteiger partial charge < -0.3 is 9.47 Å². The Labute approximate surface area is 202 Å². The summed E-state index contributed by atoms with van der Waals surface area (Å²) >= 11 is 0. The van der Waals surface area contributed by atoms with Crippen LogP contribution in [0.15, 0.2) is 36.5 Å². The molecule has 0 fully saturated rings. The number of anilines is 2. The Hall–Kier alpha value is -2.71. The molecule has 2 amide bonds. The molecule has 34 heavy (non-hydrogen) atoms. The van der Waals surface area contributed by atoms with E-state index in [9.17, 15) is 9.59 Å². The second kappa shape index (κ2) is 8.81. The number of nitrogens with zero attached hydrogens (tertiary/aromatic N) is 2. The number of nitrogens with one attached hydrogen (secondary N) is 1. The van der Waals surface area contributed by atoms with Gasteiger partial charge in [0.05, 0.1) is 5.41 Å². The third-order valence-corrected chi connectivity index (χ3v) is 7.97. The van der Waals surface area contributed by atoms with Crippen LogP contribution in [0.3, 0.4) is 0 Å². The van der Waals surface area contributed by atoms with Crippen molar-refractivity contribution in [3.05, 3.63) is 53.2 Å². The second-order valence-electron chi connectivity index (χ2n) is 11.5. The highest BCUT2D eigenvalue weighted by molar-refractivity contribution is 6.76. The average molecular weight is 482 g/mol. The number of carbonyl (C=O) groups is 2. The number of pyridine rings is 1. The summed E-state index contributed by atoms with van der Waals surface area (Å²) in [6, 6.07) is 10.8. The molecule has 4 rings (SSSR count). The summed E-state index contributed by atoms with van der Waals surface area (Å²) in [6.45, 7) is 13.3. The maximum Gasteiger partial charge on any atom is 0.412 e. The van der Waals surface area contributed by atoms with Crippen molar-refractivity contribution in [2.24, 2.45) is 0 Å². The van der Waals surface area contributed by atoms with Gasteiger partial charge in [0.1, 0.15) is 18.1 Å². The molecule has 1 atom stereocenters. The number of amides is 2. The fraction of sp³-hybridized carbons (Fsp3) is 0.500. The summed E-state index contributed by atoms with van der Waals surface area (Å²) in [5.74, 6) is 0.729. The van der Waals surface area contributed by atoms with E-state index in [1.807, 2.05) is 51.1 Å². The smallest absolute Gasteiger partial charge is 0.412 e. The summed E-state index contributed by atoms with van der Waals surface area (Å²) in [6.07, 6.45) is 2.41. The van der Waals surface area contributed by atoms with Crippen molar-refractivity contribution in [1.29, 1.82) is 0 Å². The molecule has 1 spiro atoms. The lowest BCUT2D eigenvalue weighted by atomic mass is 9.79. The molecular weight excluding hydrogens is 446 g/mol. The number of aromatic nitrogens is 1. The highest BCUT2D eigenvalue weighted by Gasteiger charge is 2.54. The van der Waals surface area contributed by atoms with Crippen LogP contribution in [0.1, 0.15) is 37.5 Å². The van der Waals surface area contributed by atoms with Crippen LogP contribution in [0, 0.1) is 0 Å². The summed E-state index contributed by atoms with van der Waals surface area (Å²) in [4.78, 5) is 32.3. The van der Waals surface area contributed by atoms with Crippen LogP contribution in [0.4, 0.5) is 16.3 Å². The van der Waals surface area contributed by atoms with Gasteiger partial charge in [-0.15, -0.1) is 0 Å². The highest BCUT2D eigenvalue weighted by atomic mass is 28.3. The monoisotopic (exact) mass is 481 g/mol. The quantitative estimate of drug-likeness (QED) is 0.457. The van der Waals surface area contributed by atoms with E-state index in [-0.39, 0.29) is 12.6 Å². The maximum absolute atomic E-state index is 13.8. The molecular formula is C26H35N3O4Si. The minimum absolute atomic E-state index is 0.0343. The first-order valence-corrected chi connectivity index (χ1v) is 15.6. The zero-order chi connectivity index (χ0) is 24.7. The van der Waals surface area contributed by atoms with Crippen LogP contribution in [-0.4, -0.2) is 44.0 Å². The Balaban J connectivity index is 1.53. The van der Waals surface area contributed by atoms with Crippen molar-refractivity contribution in [1.82, 2.24) is 4.98 Å². The first-order valence-electron chi connectivity index (χ1n) is 11.9. The Bertz CT molecular complexity index is 1110. The lowest BCUT2D eigenvalue weighted by Crippen LogP contribution is -2.42. The Kier molecular flexibility index (Phi) is 6.33. The molecule has 1 aliphatic carbocycles. The van der Waals surface area contributed by atoms with Crippen molar-refractivity contribution in [2.45, 2.75) is 70.3 Å². The normalized spacial score (nSPS) is 19.4. The molecule has 0 bridgehead atoms. The molecule has 0 radical (unpaired) electrons. The SMILES string of the molecule is CC(C)(C)OC(=O)Nc1ccc2c(c1)CC1(C2)C(=O)N(COCC[Si](C)(C)C)c2ncccc21. The van der Waals surface area contributed by atoms with Crippen LogP contribution in [0.25, 0.3) is 0 Å². The maximum atomic E-state index is 13.8. The van der Waals surface area contributed by atoms with E-state index in [0.29, 0.717) is 31.0 Å². The summed E-state index contributed by atoms with van der Waals surface area (Å²) in [5, 5.41) is 2.81. The predicted octanol–water partition coefficient (Wildman–Crippen LogP) is 5.12. The highest BCUT2D eigenvalue weighted by Crippen LogP contribution is 2.49. The van der Waals surface area contributed by atoms with E-state index in [0.717, 1.165) is 22.7 Å². The van der Waals surface area contributed by atoms with Gasteiger partial charge >= 0.3 is 6.09 Å². The Morgan fingerprint density at radius 1 is 1.18 bits per heavy atom. The lowest BCUT2D eigenvalue weighted by molar-refractivity contribution is -0.124. The molecule has 1 aromatic heterocycles. The van der Waals surface area contributed by atoms with Crippen molar-refractivity contribution >= 4 is 31.6 Å².